The van der Waals surface area contributed by atoms with Crippen LogP contribution in [-0.2, 0) is 4.79 Å². The molecule has 2 aliphatic carbocycles. The lowest BCUT2D eigenvalue weighted by atomic mass is 9.91. The van der Waals surface area contributed by atoms with Gasteiger partial charge in [0.1, 0.15) is 6.04 Å². The Bertz CT molecular complexity index is 404. The van der Waals surface area contributed by atoms with E-state index in [4.69, 9.17) is 0 Å². The Morgan fingerprint density at radius 2 is 1.67 bits per heavy atom. The fourth-order valence-electron chi connectivity index (χ4n) is 3.42. The monoisotopic (exact) mass is 294 g/mol. The van der Waals surface area contributed by atoms with Crippen LogP contribution in [-0.4, -0.2) is 52.6 Å². The lowest BCUT2D eigenvalue weighted by Gasteiger charge is -2.40. The molecule has 21 heavy (non-hydrogen) atoms. The van der Waals surface area contributed by atoms with Gasteiger partial charge in [-0.25, -0.2) is 9.59 Å². The van der Waals surface area contributed by atoms with Crippen molar-refractivity contribution in [1.82, 2.24) is 9.80 Å². The number of carbonyl (C=O) groups is 2. The van der Waals surface area contributed by atoms with Crippen LogP contribution in [0.15, 0.2) is 0 Å². The van der Waals surface area contributed by atoms with Gasteiger partial charge in [-0.3, -0.25) is 0 Å². The molecule has 3 fully saturated rings. The smallest absolute Gasteiger partial charge is 0.326 e. The van der Waals surface area contributed by atoms with Crippen LogP contribution >= 0.6 is 0 Å². The van der Waals surface area contributed by atoms with E-state index in [1.165, 1.54) is 25.7 Å². The van der Waals surface area contributed by atoms with Crippen molar-refractivity contribution >= 4 is 12.0 Å². The van der Waals surface area contributed by atoms with Crippen LogP contribution in [0, 0.1) is 17.8 Å². The SMILES string of the molecule is CC1CCCN(C(=O)N(CC2CC2)CC2CC2)C1C(=O)O. The molecule has 0 aromatic carbocycles. The second kappa shape index (κ2) is 5.85. The molecule has 118 valence electrons. The third kappa shape index (κ3) is 3.50. The molecule has 5 heteroatoms. The van der Waals surface area contributed by atoms with Gasteiger partial charge >= 0.3 is 12.0 Å². The standard InChI is InChI=1S/C16H26N2O3/c1-11-3-2-8-18(14(11)15(19)20)16(21)17(9-12-4-5-12)10-13-6-7-13/h11-14H,2-10H2,1H3,(H,19,20). The van der Waals surface area contributed by atoms with Crippen molar-refractivity contribution in [3.8, 4) is 0 Å². The molecule has 2 unspecified atom stereocenters. The zero-order valence-corrected chi connectivity index (χ0v) is 12.8. The average Bonchev–Trinajstić information content (AvgIpc) is 3.31. The topological polar surface area (TPSA) is 60.9 Å². The summed E-state index contributed by atoms with van der Waals surface area (Å²) >= 11 is 0. The van der Waals surface area contributed by atoms with Gasteiger partial charge in [-0.05, 0) is 56.3 Å². The van der Waals surface area contributed by atoms with Crippen LogP contribution in [0.5, 0.6) is 0 Å². The molecule has 0 aromatic rings. The van der Waals surface area contributed by atoms with Crippen LogP contribution in [0.25, 0.3) is 0 Å². The minimum absolute atomic E-state index is 0.0345. The Morgan fingerprint density at radius 3 is 2.14 bits per heavy atom. The number of amides is 2. The fraction of sp³-hybridized carbons (Fsp3) is 0.875. The maximum atomic E-state index is 12.9. The molecule has 2 atom stereocenters. The third-order valence-corrected chi connectivity index (χ3v) is 5.05. The highest BCUT2D eigenvalue weighted by Crippen LogP contribution is 2.35. The van der Waals surface area contributed by atoms with Gasteiger partial charge in [0.2, 0.25) is 0 Å². The number of likely N-dealkylation sites (tertiary alicyclic amines) is 1. The van der Waals surface area contributed by atoms with E-state index >= 15 is 0 Å². The summed E-state index contributed by atoms with van der Waals surface area (Å²) < 4.78 is 0. The van der Waals surface area contributed by atoms with Gasteiger partial charge in [-0.2, -0.15) is 0 Å². The average molecular weight is 294 g/mol. The lowest BCUT2D eigenvalue weighted by molar-refractivity contribution is -0.145. The summed E-state index contributed by atoms with van der Waals surface area (Å²) in [7, 11) is 0. The summed E-state index contributed by atoms with van der Waals surface area (Å²) in [5.41, 5.74) is 0. The lowest BCUT2D eigenvalue weighted by Crippen LogP contribution is -2.56. The largest absolute Gasteiger partial charge is 0.480 e. The first-order valence-corrected chi connectivity index (χ1v) is 8.34. The van der Waals surface area contributed by atoms with Crippen LogP contribution in [0.4, 0.5) is 4.79 Å². The van der Waals surface area contributed by atoms with Crippen molar-refractivity contribution in [1.29, 1.82) is 0 Å². The summed E-state index contributed by atoms with van der Waals surface area (Å²) in [4.78, 5) is 28.0. The summed E-state index contributed by atoms with van der Waals surface area (Å²) in [5.74, 6) is 0.494. The molecule has 0 bridgehead atoms. The van der Waals surface area contributed by atoms with Crippen LogP contribution in [0.2, 0.25) is 0 Å². The van der Waals surface area contributed by atoms with Crippen molar-refractivity contribution in [2.75, 3.05) is 19.6 Å². The van der Waals surface area contributed by atoms with E-state index in [2.05, 4.69) is 0 Å². The first-order chi connectivity index (χ1) is 10.1. The predicted octanol–water partition coefficient (Wildman–Crippen LogP) is 2.41. The molecule has 5 nitrogen and oxygen atoms in total. The maximum absolute atomic E-state index is 12.9. The van der Waals surface area contributed by atoms with Gasteiger partial charge in [0, 0.05) is 19.6 Å². The first kappa shape index (κ1) is 14.7. The second-order valence-electron chi connectivity index (χ2n) is 7.17. The number of carboxylic acids is 1. The Balaban J connectivity index is 1.70. The Labute approximate surface area is 126 Å². The first-order valence-electron chi connectivity index (χ1n) is 8.34. The number of nitrogens with zero attached hydrogens (tertiary/aromatic N) is 2. The van der Waals surface area contributed by atoms with Gasteiger partial charge in [0.25, 0.3) is 0 Å². The van der Waals surface area contributed by atoms with E-state index in [0.717, 1.165) is 25.9 Å². The molecule has 1 aliphatic heterocycles. The van der Waals surface area contributed by atoms with E-state index in [1.54, 1.807) is 4.90 Å². The van der Waals surface area contributed by atoms with Crippen molar-refractivity contribution < 1.29 is 14.7 Å². The van der Waals surface area contributed by atoms with Gasteiger partial charge in [0.15, 0.2) is 0 Å². The number of urea groups is 1. The molecule has 0 aromatic heterocycles. The minimum Gasteiger partial charge on any atom is -0.480 e. The van der Waals surface area contributed by atoms with Gasteiger partial charge < -0.3 is 14.9 Å². The number of hydrogen-bond donors (Lipinski definition) is 1. The number of piperidine rings is 1. The normalized spacial score (nSPS) is 29.3. The van der Waals surface area contributed by atoms with Crippen molar-refractivity contribution in [2.24, 2.45) is 17.8 Å². The van der Waals surface area contributed by atoms with Crippen molar-refractivity contribution in [2.45, 2.75) is 51.5 Å². The van der Waals surface area contributed by atoms with Crippen LogP contribution < -0.4 is 0 Å². The number of rotatable bonds is 5. The summed E-state index contributed by atoms with van der Waals surface area (Å²) in [6, 6.07) is -0.681. The summed E-state index contributed by atoms with van der Waals surface area (Å²) in [5, 5.41) is 9.49. The molecule has 2 amide bonds. The highest BCUT2D eigenvalue weighted by atomic mass is 16.4. The molecule has 3 rings (SSSR count). The highest BCUT2D eigenvalue weighted by Gasteiger charge is 2.40. The van der Waals surface area contributed by atoms with E-state index in [9.17, 15) is 14.7 Å². The minimum atomic E-state index is -0.853. The van der Waals surface area contributed by atoms with Gasteiger partial charge in [-0.1, -0.05) is 6.92 Å². The number of aliphatic carboxylic acids is 1. The summed E-state index contributed by atoms with van der Waals surface area (Å²) in [6.07, 6.45) is 6.67. The van der Waals surface area contributed by atoms with Crippen LogP contribution in [0.1, 0.15) is 45.4 Å². The second-order valence-corrected chi connectivity index (χ2v) is 7.17. The van der Waals surface area contributed by atoms with E-state index in [0.29, 0.717) is 18.4 Å². The van der Waals surface area contributed by atoms with Gasteiger partial charge in [0.05, 0.1) is 0 Å². The molecule has 0 radical (unpaired) electrons. The summed E-state index contributed by atoms with van der Waals surface area (Å²) in [6.45, 7) is 4.19. The maximum Gasteiger partial charge on any atom is 0.326 e. The van der Waals surface area contributed by atoms with E-state index in [-0.39, 0.29) is 11.9 Å². The molecule has 1 heterocycles. The Kier molecular flexibility index (Phi) is 4.09. The highest BCUT2D eigenvalue weighted by molar-refractivity contribution is 5.83. The van der Waals surface area contributed by atoms with Crippen LogP contribution in [0.3, 0.4) is 0 Å². The molecule has 3 aliphatic rings. The van der Waals surface area contributed by atoms with Gasteiger partial charge in [-0.15, -0.1) is 0 Å². The molecule has 0 spiro atoms. The molecule has 1 saturated heterocycles. The Morgan fingerprint density at radius 1 is 1.10 bits per heavy atom. The number of carboxylic acid groups (broad SMARTS) is 1. The number of carbonyl (C=O) groups excluding carboxylic acids is 1. The van der Waals surface area contributed by atoms with E-state index in [1.807, 2.05) is 11.8 Å². The Hall–Kier alpha value is -1.26. The number of hydrogen-bond acceptors (Lipinski definition) is 2. The third-order valence-electron chi connectivity index (χ3n) is 5.05. The van der Waals surface area contributed by atoms with Crippen molar-refractivity contribution in [3.05, 3.63) is 0 Å². The molecular formula is C16H26N2O3. The molecule has 1 N–H and O–H groups in total. The molecule has 2 saturated carbocycles. The van der Waals surface area contributed by atoms with Crippen molar-refractivity contribution in [3.63, 3.8) is 0 Å². The molecular weight excluding hydrogens is 268 g/mol. The fourth-order valence-corrected chi connectivity index (χ4v) is 3.42. The predicted molar refractivity (Wildman–Crippen MR) is 78.9 cm³/mol. The quantitative estimate of drug-likeness (QED) is 0.847. The zero-order chi connectivity index (χ0) is 15.0. The van der Waals surface area contributed by atoms with E-state index < -0.39 is 12.0 Å². The zero-order valence-electron chi connectivity index (χ0n) is 12.8.